The Bertz CT molecular complexity index is 962. The Morgan fingerprint density at radius 1 is 1.32 bits per heavy atom. The predicted molar refractivity (Wildman–Crippen MR) is 92.6 cm³/mol. The van der Waals surface area contributed by atoms with Crippen LogP contribution in [0, 0.1) is 0 Å². The number of carbonyl (C=O) groups is 2. The van der Waals surface area contributed by atoms with Gasteiger partial charge in [0.05, 0.1) is 22.8 Å². The summed E-state index contributed by atoms with van der Waals surface area (Å²) in [6.07, 6.45) is 1.67. The van der Waals surface area contributed by atoms with Crippen molar-refractivity contribution >= 4 is 29.5 Å². The number of carbonyl (C=O) groups excluding carboxylic acids is 1. The van der Waals surface area contributed by atoms with Crippen LogP contribution in [0.15, 0.2) is 47.0 Å². The fourth-order valence-electron chi connectivity index (χ4n) is 2.71. The number of rotatable bonds is 3. The first-order chi connectivity index (χ1) is 12.1. The lowest BCUT2D eigenvalue weighted by Gasteiger charge is -2.10. The quantitative estimate of drug-likeness (QED) is 0.666. The highest BCUT2D eigenvalue weighted by Crippen LogP contribution is 2.42. The molecule has 2 aromatic heterocycles. The molecule has 0 spiro atoms. The van der Waals surface area contributed by atoms with Crippen LogP contribution in [0.3, 0.4) is 0 Å². The third kappa shape index (κ3) is 2.91. The molecule has 1 aromatic carbocycles. The lowest BCUT2D eigenvalue weighted by Crippen LogP contribution is -2.12. The summed E-state index contributed by atoms with van der Waals surface area (Å²) in [5, 5.41) is 18.5. The van der Waals surface area contributed by atoms with Gasteiger partial charge in [0.1, 0.15) is 17.3 Å². The Morgan fingerprint density at radius 2 is 2.20 bits per heavy atom. The molecule has 0 radical (unpaired) electrons. The van der Waals surface area contributed by atoms with Gasteiger partial charge in [0.2, 0.25) is 5.91 Å². The van der Waals surface area contributed by atoms with E-state index in [1.165, 1.54) is 17.8 Å². The number of benzene rings is 1. The number of aromatic nitrogens is 2. The molecule has 4 rings (SSSR count). The summed E-state index contributed by atoms with van der Waals surface area (Å²) in [5.74, 6) is 1.05. The van der Waals surface area contributed by atoms with E-state index < -0.39 is 5.97 Å². The van der Waals surface area contributed by atoms with E-state index in [1.807, 2.05) is 6.07 Å². The second-order valence-corrected chi connectivity index (χ2v) is 6.62. The molecular formula is C17H13N3O4S. The lowest BCUT2D eigenvalue weighted by molar-refractivity contribution is -0.113. The van der Waals surface area contributed by atoms with Crippen molar-refractivity contribution < 1.29 is 19.1 Å². The number of hydrogen-bond acceptors (Lipinski definition) is 5. The van der Waals surface area contributed by atoms with Crippen molar-refractivity contribution in [1.29, 1.82) is 0 Å². The number of nitrogens with one attached hydrogen (secondary N) is 2. The highest BCUT2D eigenvalue weighted by molar-refractivity contribution is 8.00. The Morgan fingerprint density at radius 3 is 3.04 bits per heavy atom. The van der Waals surface area contributed by atoms with Crippen molar-refractivity contribution in [3.8, 4) is 11.3 Å². The first-order valence-electron chi connectivity index (χ1n) is 7.50. The minimum atomic E-state index is -0.986. The maximum atomic E-state index is 11.8. The molecule has 25 heavy (non-hydrogen) atoms. The molecule has 0 saturated heterocycles. The number of aromatic amines is 1. The molecule has 0 aliphatic carbocycles. The normalized spacial score (nSPS) is 16.8. The summed E-state index contributed by atoms with van der Waals surface area (Å²) in [4.78, 5) is 22.9. The molecule has 1 amide bonds. The number of hydrogen-bond donors (Lipinski definition) is 3. The van der Waals surface area contributed by atoms with Gasteiger partial charge >= 0.3 is 5.97 Å². The number of furan rings is 1. The molecule has 0 bridgehead atoms. The van der Waals surface area contributed by atoms with Crippen LogP contribution in [0.2, 0.25) is 0 Å². The first kappa shape index (κ1) is 15.5. The molecule has 1 aliphatic heterocycles. The molecule has 3 heterocycles. The number of H-pyrrole nitrogens is 1. The standard InChI is InChI=1S/C17H13N3O4S/c21-14-8-25-15(11-7-18-20-16(11)19-14)13-5-4-12(24-13)9-2-1-3-10(6-9)17(22)23/h1-7,15H,8H2,(H,22,23)(H2,18,19,20,21). The molecule has 7 nitrogen and oxygen atoms in total. The molecular weight excluding hydrogens is 342 g/mol. The van der Waals surface area contributed by atoms with Gasteiger partial charge in [-0.1, -0.05) is 12.1 Å². The number of nitrogens with zero attached hydrogens (tertiary/aromatic N) is 1. The minimum absolute atomic E-state index is 0.0982. The van der Waals surface area contributed by atoms with Crippen LogP contribution in [0.5, 0.6) is 0 Å². The average molecular weight is 355 g/mol. The fourth-order valence-corrected chi connectivity index (χ4v) is 3.75. The van der Waals surface area contributed by atoms with Gasteiger partial charge in [0.15, 0.2) is 0 Å². The highest BCUT2D eigenvalue weighted by Gasteiger charge is 2.28. The molecule has 3 N–H and O–H groups in total. The summed E-state index contributed by atoms with van der Waals surface area (Å²) in [6, 6.07) is 10.2. The Kier molecular flexibility index (Phi) is 3.81. The zero-order chi connectivity index (χ0) is 17.4. The van der Waals surface area contributed by atoms with Gasteiger partial charge in [-0.2, -0.15) is 5.10 Å². The maximum absolute atomic E-state index is 11.8. The number of carboxylic acids is 1. The first-order valence-corrected chi connectivity index (χ1v) is 8.55. The summed E-state index contributed by atoms with van der Waals surface area (Å²) in [7, 11) is 0. The van der Waals surface area contributed by atoms with Gasteiger partial charge in [0, 0.05) is 11.1 Å². The number of carboxylic acid groups (broad SMARTS) is 1. The average Bonchev–Trinajstić information content (AvgIpc) is 3.23. The van der Waals surface area contributed by atoms with E-state index in [0.717, 1.165) is 5.56 Å². The molecule has 0 fully saturated rings. The van der Waals surface area contributed by atoms with Gasteiger partial charge < -0.3 is 14.8 Å². The number of thioether (sulfide) groups is 1. The van der Waals surface area contributed by atoms with Crippen molar-refractivity contribution in [3.63, 3.8) is 0 Å². The van der Waals surface area contributed by atoms with Crippen LogP contribution in [-0.2, 0) is 4.79 Å². The van der Waals surface area contributed by atoms with Crippen molar-refractivity contribution in [1.82, 2.24) is 10.2 Å². The summed E-state index contributed by atoms with van der Waals surface area (Å²) >= 11 is 1.45. The van der Waals surface area contributed by atoms with Crippen molar-refractivity contribution in [3.05, 3.63) is 59.5 Å². The second kappa shape index (κ2) is 6.14. The third-order valence-electron chi connectivity index (χ3n) is 3.88. The molecule has 1 unspecified atom stereocenters. The van der Waals surface area contributed by atoms with Gasteiger partial charge in [-0.3, -0.25) is 9.89 Å². The van der Waals surface area contributed by atoms with Gasteiger partial charge in [-0.15, -0.1) is 11.8 Å². The topological polar surface area (TPSA) is 108 Å². The molecule has 3 aromatic rings. The molecule has 126 valence electrons. The number of fused-ring (bicyclic) bond motifs is 1. The summed E-state index contributed by atoms with van der Waals surface area (Å²) < 4.78 is 5.97. The molecule has 1 aliphatic rings. The Balaban J connectivity index is 1.69. The number of aromatic carboxylic acids is 1. The van der Waals surface area contributed by atoms with E-state index in [0.29, 0.717) is 28.7 Å². The molecule has 8 heteroatoms. The Hall–Kier alpha value is -3.00. The molecule has 1 atom stereocenters. The van der Waals surface area contributed by atoms with Gasteiger partial charge in [-0.05, 0) is 24.3 Å². The number of anilines is 1. The van der Waals surface area contributed by atoms with Gasteiger partial charge in [0.25, 0.3) is 0 Å². The minimum Gasteiger partial charge on any atom is -0.478 e. The van der Waals surface area contributed by atoms with E-state index in [4.69, 9.17) is 9.52 Å². The van der Waals surface area contributed by atoms with Crippen LogP contribution in [0.1, 0.15) is 26.9 Å². The zero-order valence-corrected chi connectivity index (χ0v) is 13.7. The van der Waals surface area contributed by atoms with Crippen LogP contribution in [0.25, 0.3) is 11.3 Å². The highest BCUT2D eigenvalue weighted by atomic mass is 32.2. The fraction of sp³-hybridized carbons (Fsp3) is 0.118. The SMILES string of the molecule is O=C1CSC(c2ccc(-c3cccc(C(=O)O)c3)o2)c2cn[nH]c2N1. The van der Waals surface area contributed by atoms with Crippen molar-refractivity contribution in [2.24, 2.45) is 0 Å². The zero-order valence-electron chi connectivity index (χ0n) is 12.9. The van der Waals surface area contributed by atoms with Crippen LogP contribution < -0.4 is 5.32 Å². The van der Waals surface area contributed by atoms with E-state index in [-0.39, 0.29) is 16.7 Å². The predicted octanol–water partition coefficient (Wildman–Crippen LogP) is 3.14. The molecule has 0 saturated carbocycles. The largest absolute Gasteiger partial charge is 0.478 e. The van der Waals surface area contributed by atoms with Crippen LogP contribution in [0.4, 0.5) is 5.82 Å². The second-order valence-electron chi connectivity index (χ2n) is 5.53. The van der Waals surface area contributed by atoms with E-state index in [2.05, 4.69) is 15.5 Å². The summed E-state index contributed by atoms with van der Waals surface area (Å²) in [5.41, 5.74) is 1.73. The van der Waals surface area contributed by atoms with Crippen molar-refractivity contribution in [2.75, 3.05) is 11.1 Å². The van der Waals surface area contributed by atoms with E-state index >= 15 is 0 Å². The third-order valence-corrected chi connectivity index (χ3v) is 5.12. The number of amides is 1. The smallest absolute Gasteiger partial charge is 0.335 e. The van der Waals surface area contributed by atoms with Crippen LogP contribution in [-0.4, -0.2) is 32.9 Å². The monoisotopic (exact) mass is 355 g/mol. The van der Waals surface area contributed by atoms with E-state index in [9.17, 15) is 9.59 Å². The summed E-state index contributed by atoms with van der Waals surface area (Å²) in [6.45, 7) is 0. The van der Waals surface area contributed by atoms with Crippen LogP contribution >= 0.6 is 11.8 Å². The van der Waals surface area contributed by atoms with E-state index in [1.54, 1.807) is 30.5 Å². The Labute approximate surface area is 146 Å². The maximum Gasteiger partial charge on any atom is 0.335 e. The van der Waals surface area contributed by atoms with Gasteiger partial charge in [-0.25, -0.2) is 4.79 Å². The lowest BCUT2D eigenvalue weighted by atomic mass is 10.1. The van der Waals surface area contributed by atoms with Crippen molar-refractivity contribution in [2.45, 2.75) is 5.25 Å².